The lowest BCUT2D eigenvalue weighted by atomic mass is 10.1. The molecule has 0 amide bonds. The van der Waals surface area contributed by atoms with Gasteiger partial charge in [0.15, 0.2) is 5.69 Å². The Bertz CT molecular complexity index is 558. The maximum atomic E-state index is 13.0. The molecule has 1 heterocycles. The lowest BCUT2D eigenvalue weighted by molar-refractivity contribution is 0.0593. The summed E-state index contributed by atoms with van der Waals surface area (Å²) in [4.78, 5) is 19.2. The standard InChI is InChI=1S/C12H9FN2O2/c1-17-12(16)11-7-14-6-10(15-11)8-3-2-4-9(13)5-8/h2-7H,1H3. The number of esters is 1. The molecule has 4 nitrogen and oxygen atoms in total. The van der Waals surface area contributed by atoms with Crippen LogP contribution in [0.3, 0.4) is 0 Å². The zero-order chi connectivity index (χ0) is 12.3. The van der Waals surface area contributed by atoms with E-state index in [1.807, 2.05) is 0 Å². The Morgan fingerprint density at radius 3 is 2.88 bits per heavy atom. The van der Waals surface area contributed by atoms with Gasteiger partial charge in [0.25, 0.3) is 0 Å². The van der Waals surface area contributed by atoms with Crippen LogP contribution in [0.25, 0.3) is 11.3 Å². The first kappa shape index (κ1) is 11.2. The monoisotopic (exact) mass is 232 g/mol. The number of nitrogens with zero attached hydrogens (tertiary/aromatic N) is 2. The summed E-state index contributed by atoms with van der Waals surface area (Å²) in [5.74, 6) is -0.941. The zero-order valence-electron chi connectivity index (χ0n) is 9.05. The van der Waals surface area contributed by atoms with E-state index in [1.54, 1.807) is 12.1 Å². The van der Waals surface area contributed by atoms with E-state index in [4.69, 9.17) is 0 Å². The molecular weight excluding hydrogens is 223 g/mol. The number of methoxy groups -OCH3 is 1. The van der Waals surface area contributed by atoms with E-state index >= 15 is 0 Å². The van der Waals surface area contributed by atoms with Crippen molar-refractivity contribution in [2.75, 3.05) is 7.11 Å². The van der Waals surface area contributed by atoms with Crippen LogP contribution in [0.1, 0.15) is 10.5 Å². The molecule has 0 radical (unpaired) electrons. The first-order valence-electron chi connectivity index (χ1n) is 4.87. The number of hydrogen-bond acceptors (Lipinski definition) is 4. The molecule has 5 heteroatoms. The summed E-state index contributed by atoms with van der Waals surface area (Å²) in [7, 11) is 1.26. The summed E-state index contributed by atoms with van der Waals surface area (Å²) in [5, 5.41) is 0. The van der Waals surface area contributed by atoms with E-state index in [0.717, 1.165) is 0 Å². The highest BCUT2D eigenvalue weighted by molar-refractivity contribution is 5.87. The third kappa shape index (κ3) is 2.44. The second kappa shape index (κ2) is 4.69. The summed E-state index contributed by atoms with van der Waals surface area (Å²) in [5.41, 5.74) is 1.07. The third-order valence-electron chi connectivity index (χ3n) is 2.15. The van der Waals surface area contributed by atoms with Crippen LogP contribution in [0.5, 0.6) is 0 Å². The van der Waals surface area contributed by atoms with Crippen LogP contribution in [0.4, 0.5) is 4.39 Å². The largest absolute Gasteiger partial charge is 0.464 e. The fraction of sp³-hybridized carbons (Fsp3) is 0.0833. The highest BCUT2D eigenvalue weighted by Crippen LogP contribution is 2.17. The van der Waals surface area contributed by atoms with E-state index < -0.39 is 5.97 Å². The Kier molecular flexibility index (Phi) is 3.09. The molecule has 17 heavy (non-hydrogen) atoms. The number of halogens is 1. The van der Waals surface area contributed by atoms with Crippen LogP contribution >= 0.6 is 0 Å². The summed E-state index contributed by atoms with van der Waals surface area (Å²) in [6.45, 7) is 0. The first-order chi connectivity index (χ1) is 8.20. The Balaban J connectivity index is 2.43. The van der Waals surface area contributed by atoms with Crippen molar-refractivity contribution < 1.29 is 13.9 Å². The minimum Gasteiger partial charge on any atom is -0.464 e. The molecular formula is C12H9FN2O2. The third-order valence-corrected chi connectivity index (χ3v) is 2.15. The molecule has 0 aliphatic rings. The molecule has 0 aliphatic heterocycles. The molecule has 0 unspecified atom stereocenters. The number of aromatic nitrogens is 2. The van der Waals surface area contributed by atoms with Crippen molar-refractivity contribution in [3.8, 4) is 11.3 Å². The number of carbonyl (C=O) groups is 1. The van der Waals surface area contributed by atoms with Gasteiger partial charge in [-0.1, -0.05) is 12.1 Å². The lowest BCUT2D eigenvalue weighted by Crippen LogP contribution is -2.05. The predicted octanol–water partition coefficient (Wildman–Crippen LogP) is 2.07. The zero-order valence-corrected chi connectivity index (χ0v) is 9.05. The molecule has 1 aromatic heterocycles. The van der Waals surface area contributed by atoms with Gasteiger partial charge in [-0.3, -0.25) is 4.98 Å². The molecule has 0 saturated heterocycles. The average Bonchev–Trinajstić information content (AvgIpc) is 2.38. The molecule has 2 rings (SSSR count). The van der Waals surface area contributed by atoms with E-state index in [1.165, 1.54) is 31.6 Å². The van der Waals surface area contributed by atoms with Gasteiger partial charge in [-0.25, -0.2) is 14.2 Å². The highest BCUT2D eigenvalue weighted by Gasteiger charge is 2.09. The molecule has 1 aromatic carbocycles. The van der Waals surface area contributed by atoms with Gasteiger partial charge in [-0.05, 0) is 12.1 Å². The minimum atomic E-state index is -0.573. The summed E-state index contributed by atoms with van der Waals surface area (Å²) < 4.78 is 17.6. The fourth-order valence-corrected chi connectivity index (χ4v) is 1.36. The van der Waals surface area contributed by atoms with Gasteiger partial charge in [-0.2, -0.15) is 0 Å². The van der Waals surface area contributed by atoms with Crippen LogP contribution in [-0.4, -0.2) is 23.0 Å². The van der Waals surface area contributed by atoms with E-state index in [2.05, 4.69) is 14.7 Å². The number of ether oxygens (including phenoxy) is 1. The number of carbonyl (C=O) groups excluding carboxylic acids is 1. The van der Waals surface area contributed by atoms with Crippen molar-refractivity contribution in [3.05, 3.63) is 48.2 Å². The average molecular weight is 232 g/mol. The van der Waals surface area contributed by atoms with Crippen molar-refractivity contribution in [2.24, 2.45) is 0 Å². The molecule has 0 fully saturated rings. The summed E-state index contributed by atoms with van der Waals surface area (Å²) >= 11 is 0. The number of rotatable bonds is 2. The van der Waals surface area contributed by atoms with Gasteiger partial charge in [0.1, 0.15) is 5.82 Å². The maximum Gasteiger partial charge on any atom is 0.358 e. The molecule has 0 bridgehead atoms. The van der Waals surface area contributed by atoms with Gasteiger partial charge in [0.05, 0.1) is 25.2 Å². The van der Waals surface area contributed by atoms with E-state index in [9.17, 15) is 9.18 Å². The Morgan fingerprint density at radius 1 is 1.35 bits per heavy atom. The molecule has 2 aromatic rings. The molecule has 0 spiro atoms. The van der Waals surface area contributed by atoms with Gasteiger partial charge in [0, 0.05) is 5.56 Å². The van der Waals surface area contributed by atoms with Crippen molar-refractivity contribution in [1.29, 1.82) is 0 Å². The van der Waals surface area contributed by atoms with E-state index in [-0.39, 0.29) is 11.5 Å². The van der Waals surface area contributed by atoms with Gasteiger partial charge < -0.3 is 4.74 Å². The second-order valence-corrected chi connectivity index (χ2v) is 3.29. The van der Waals surface area contributed by atoms with Crippen molar-refractivity contribution in [3.63, 3.8) is 0 Å². The normalized spacial score (nSPS) is 10.0. The second-order valence-electron chi connectivity index (χ2n) is 3.29. The Labute approximate surface area is 97.1 Å². The number of benzene rings is 1. The molecule has 0 aliphatic carbocycles. The first-order valence-corrected chi connectivity index (χ1v) is 4.87. The predicted molar refractivity (Wildman–Crippen MR) is 58.8 cm³/mol. The SMILES string of the molecule is COC(=O)c1cncc(-c2cccc(F)c2)n1. The Hall–Kier alpha value is -2.30. The fourth-order valence-electron chi connectivity index (χ4n) is 1.36. The summed E-state index contributed by atoms with van der Waals surface area (Å²) in [6, 6.07) is 5.91. The molecule has 0 saturated carbocycles. The highest BCUT2D eigenvalue weighted by atomic mass is 19.1. The van der Waals surface area contributed by atoms with Crippen LogP contribution in [0.15, 0.2) is 36.7 Å². The molecule has 0 N–H and O–H groups in total. The van der Waals surface area contributed by atoms with Crippen molar-refractivity contribution in [2.45, 2.75) is 0 Å². The number of hydrogen-bond donors (Lipinski definition) is 0. The van der Waals surface area contributed by atoms with Crippen LogP contribution < -0.4 is 0 Å². The van der Waals surface area contributed by atoms with Crippen molar-refractivity contribution >= 4 is 5.97 Å². The molecule has 86 valence electrons. The lowest BCUT2D eigenvalue weighted by Gasteiger charge is -2.02. The van der Waals surface area contributed by atoms with Gasteiger partial charge in [0.2, 0.25) is 0 Å². The quantitative estimate of drug-likeness (QED) is 0.744. The minimum absolute atomic E-state index is 0.0919. The smallest absolute Gasteiger partial charge is 0.358 e. The van der Waals surface area contributed by atoms with Gasteiger partial charge in [-0.15, -0.1) is 0 Å². The van der Waals surface area contributed by atoms with Crippen molar-refractivity contribution in [1.82, 2.24) is 9.97 Å². The van der Waals surface area contributed by atoms with Gasteiger partial charge >= 0.3 is 5.97 Å². The topological polar surface area (TPSA) is 52.1 Å². The van der Waals surface area contributed by atoms with Crippen LogP contribution in [-0.2, 0) is 4.74 Å². The Morgan fingerprint density at radius 2 is 2.18 bits per heavy atom. The van der Waals surface area contributed by atoms with Crippen LogP contribution in [0, 0.1) is 5.82 Å². The van der Waals surface area contributed by atoms with E-state index in [0.29, 0.717) is 11.3 Å². The van der Waals surface area contributed by atoms with Crippen LogP contribution in [0.2, 0.25) is 0 Å². The maximum absolute atomic E-state index is 13.0. The summed E-state index contributed by atoms with van der Waals surface area (Å²) in [6.07, 6.45) is 2.76. The molecule has 0 atom stereocenters.